The average molecular weight is 682 g/mol. The molecule has 1 aliphatic heterocycles. The molecule has 2 aliphatic carbocycles. The van der Waals surface area contributed by atoms with E-state index in [0.29, 0.717) is 0 Å². The van der Waals surface area contributed by atoms with E-state index in [2.05, 4.69) is 195 Å². The molecule has 0 amide bonds. The molecule has 1 unspecified atom stereocenters. The van der Waals surface area contributed by atoms with Crippen molar-refractivity contribution in [3.05, 3.63) is 209 Å². The maximum absolute atomic E-state index is 2.46. The van der Waals surface area contributed by atoms with E-state index in [-0.39, 0.29) is 5.41 Å². The minimum Gasteiger partial charge on any atom is -0.310 e. The summed E-state index contributed by atoms with van der Waals surface area (Å²) in [6.07, 6.45) is 0. The maximum atomic E-state index is 2.46. The standard InChI is InChI=1S/C50H35NS/c1-49(2)41-20-10-8-18-37(41)39-27-25-35(31-45(39)49)51(33-15-4-3-5-16-33)34-26-28-43-40(30-34)38-19-9-11-21-42(38)50(43)44-22-12-13-23-46(44)52-47-29-24-32-14-6-7-17-36(32)48(47)50/h3-31H,1-2H3. The Hall–Kier alpha value is -5.83. The Morgan fingerprint density at radius 1 is 0.404 bits per heavy atom. The average Bonchev–Trinajstić information content (AvgIpc) is 3.60. The summed E-state index contributed by atoms with van der Waals surface area (Å²) >= 11 is 1.91. The Bertz CT molecular complexity index is 2760. The van der Waals surface area contributed by atoms with Crippen LogP contribution in [0.5, 0.6) is 0 Å². The van der Waals surface area contributed by atoms with E-state index in [1.807, 2.05) is 11.8 Å². The summed E-state index contributed by atoms with van der Waals surface area (Å²) < 4.78 is 0. The van der Waals surface area contributed by atoms with Crippen LogP contribution in [0.3, 0.4) is 0 Å². The van der Waals surface area contributed by atoms with Crippen molar-refractivity contribution in [3.8, 4) is 22.3 Å². The van der Waals surface area contributed by atoms with Gasteiger partial charge in [-0.1, -0.05) is 153 Å². The predicted octanol–water partition coefficient (Wildman–Crippen LogP) is 13.4. The van der Waals surface area contributed by atoms with E-state index >= 15 is 0 Å². The summed E-state index contributed by atoms with van der Waals surface area (Å²) in [5, 5.41) is 2.60. The first-order valence-corrected chi connectivity index (χ1v) is 19.0. The summed E-state index contributed by atoms with van der Waals surface area (Å²) in [4.78, 5) is 5.10. The molecule has 8 aromatic carbocycles. The number of benzene rings is 8. The van der Waals surface area contributed by atoms with Crippen molar-refractivity contribution >= 4 is 39.6 Å². The fraction of sp³-hybridized carbons (Fsp3) is 0.0800. The first-order chi connectivity index (χ1) is 25.5. The molecule has 246 valence electrons. The molecule has 1 spiro atoms. The Labute approximate surface area is 309 Å². The lowest BCUT2D eigenvalue weighted by Crippen LogP contribution is -2.32. The van der Waals surface area contributed by atoms with Crippen molar-refractivity contribution in [2.45, 2.75) is 34.5 Å². The Balaban J connectivity index is 1.17. The van der Waals surface area contributed by atoms with Crippen LogP contribution in [-0.2, 0) is 10.8 Å². The fourth-order valence-corrected chi connectivity index (χ4v) is 10.9. The monoisotopic (exact) mass is 681 g/mol. The van der Waals surface area contributed by atoms with E-state index in [9.17, 15) is 0 Å². The van der Waals surface area contributed by atoms with Crippen LogP contribution >= 0.6 is 11.8 Å². The second kappa shape index (κ2) is 10.8. The molecule has 0 saturated carbocycles. The Morgan fingerprint density at radius 3 is 1.87 bits per heavy atom. The molecule has 1 atom stereocenters. The normalized spacial score (nSPS) is 16.8. The van der Waals surface area contributed by atoms with E-state index in [0.717, 1.165) is 11.4 Å². The Morgan fingerprint density at radius 2 is 1.02 bits per heavy atom. The second-order valence-electron chi connectivity index (χ2n) is 14.9. The SMILES string of the molecule is CC1(C)c2ccccc2-c2ccc(N(c3ccccc3)c3ccc4c(c3)-c3ccccc3C43c4ccccc4Sc4ccc5ccccc5c43)cc21. The van der Waals surface area contributed by atoms with Crippen molar-refractivity contribution in [2.24, 2.45) is 0 Å². The molecule has 11 rings (SSSR count). The summed E-state index contributed by atoms with van der Waals surface area (Å²) in [5.74, 6) is 0. The predicted molar refractivity (Wildman–Crippen MR) is 218 cm³/mol. The van der Waals surface area contributed by atoms with Gasteiger partial charge in [0.15, 0.2) is 0 Å². The molecule has 2 heteroatoms. The lowest BCUT2D eigenvalue weighted by atomic mass is 9.66. The van der Waals surface area contributed by atoms with Crippen LogP contribution in [0, 0.1) is 0 Å². The Kier molecular flexibility index (Phi) is 6.22. The van der Waals surface area contributed by atoms with Crippen molar-refractivity contribution in [1.82, 2.24) is 0 Å². The summed E-state index contributed by atoms with van der Waals surface area (Å²) in [6, 6.07) is 65.9. The second-order valence-corrected chi connectivity index (χ2v) is 15.9. The van der Waals surface area contributed by atoms with E-state index in [4.69, 9.17) is 0 Å². The number of fused-ring (bicyclic) bond motifs is 14. The van der Waals surface area contributed by atoms with Gasteiger partial charge >= 0.3 is 0 Å². The smallest absolute Gasteiger partial charge is 0.0741 e. The van der Waals surface area contributed by atoms with E-state index in [1.165, 1.54) is 81.9 Å². The first-order valence-electron chi connectivity index (χ1n) is 18.2. The quantitative estimate of drug-likeness (QED) is 0.183. The largest absolute Gasteiger partial charge is 0.310 e. The van der Waals surface area contributed by atoms with Crippen LogP contribution in [0.2, 0.25) is 0 Å². The fourth-order valence-electron chi connectivity index (χ4n) is 9.67. The molecule has 0 radical (unpaired) electrons. The number of anilines is 3. The van der Waals surface area contributed by atoms with Crippen molar-refractivity contribution in [2.75, 3.05) is 4.90 Å². The van der Waals surface area contributed by atoms with Crippen LogP contribution in [0.4, 0.5) is 17.1 Å². The highest BCUT2D eigenvalue weighted by Gasteiger charge is 2.51. The number of nitrogens with zero attached hydrogens (tertiary/aromatic N) is 1. The number of para-hydroxylation sites is 1. The first kappa shape index (κ1) is 29.9. The van der Waals surface area contributed by atoms with Crippen LogP contribution < -0.4 is 4.90 Å². The zero-order valence-corrected chi connectivity index (χ0v) is 29.9. The molecule has 52 heavy (non-hydrogen) atoms. The van der Waals surface area contributed by atoms with Gasteiger partial charge in [-0.15, -0.1) is 0 Å². The summed E-state index contributed by atoms with van der Waals surface area (Å²) in [7, 11) is 0. The van der Waals surface area contributed by atoms with Crippen LogP contribution in [0.25, 0.3) is 33.0 Å². The van der Waals surface area contributed by atoms with Crippen molar-refractivity contribution < 1.29 is 0 Å². The lowest BCUT2D eigenvalue weighted by Gasteiger charge is -2.40. The number of hydrogen-bond acceptors (Lipinski definition) is 2. The van der Waals surface area contributed by atoms with Gasteiger partial charge < -0.3 is 4.90 Å². The van der Waals surface area contributed by atoms with Gasteiger partial charge in [0.2, 0.25) is 0 Å². The third kappa shape index (κ3) is 3.91. The van der Waals surface area contributed by atoms with Gasteiger partial charge in [0, 0.05) is 32.3 Å². The molecular weight excluding hydrogens is 647 g/mol. The van der Waals surface area contributed by atoms with Gasteiger partial charge in [-0.25, -0.2) is 0 Å². The van der Waals surface area contributed by atoms with Gasteiger partial charge in [-0.05, 0) is 115 Å². The van der Waals surface area contributed by atoms with Gasteiger partial charge in [-0.2, -0.15) is 0 Å². The molecular formula is C50H35NS. The molecule has 8 aromatic rings. The van der Waals surface area contributed by atoms with Crippen molar-refractivity contribution in [1.29, 1.82) is 0 Å². The number of hydrogen-bond donors (Lipinski definition) is 0. The third-order valence-electron chi connectivity index (χ3n) is 11.9. The summed E-state index contributed by atoms with van der Waals surface area (Å²) in [5.41, 5.74) is 16.5. The molecule has 0 N–H and O–H groups in total. The van der Waals surface area contributed by atoms with Gasteiger partial charge in [0.1, 0.15) is 0 Å². The van der Waals surface area contributed by atoms with Crippen LogP contribution in [-0.4, -0.2) is 0 Å². The maximum Gasteiger partial charge on any atom is 0.0741 e. The van der Waals surface area contributed by atoms with Gasteiger partial charge in [0.05, 0.1) is 5.41 Å². The lowest BCUT2D eigenvalue weighted by molar-refractivity contribution is 0.660. The topological polar surface area (TPSA) is 3.24 Å². The van der Waals surface area contributed by atoms with E-state index < -0.39 is 5.41 Å². The van der Waals surface area contributed by atoms with Gasteiger partial charge in [0.25, 0.3) is 0 Å². The highest BCUT2D eigenvalue weighted by Crippen LogP contribution is 2.64. The highest BCUT2D eigenvalue weighted by atomic mass is 32.2. The molecule has 0 saturated heterocycles. The molecule has 1 nitrogen and oxygen atoms in total. The summed E-state index contributed by atoms with van der Waals surface area (Å²) in [6.45, 7) is 4.73. The zero-order chi connectivity index (χ0) is 34.6. The third-order valence-corrected chi connectivity index (χ3v) is 13.0. The van der Waals surface area contributed by atoms with Gasteiger partial charge in [-0.3, -0.25) is 0 Å². The van der Waals surface area contributed by atoms with Crippen LogP contribution in [0.1, 0.15) is 47.2 Å². The zero-order valence-electron chi connectivity index (χ0n) is 29.1. The molecule has 3 aliphatic rings. The molecule has 0 bridgehead atoms. The molecule has 0 aromatic heterocycles. The minimum absolute atomic E-state index is 0.0872. The number of rotatable bonds is 3. The highest BCUT2D eigenvalue weighted by molar-refractivity contribution is 7.99. The molecule has 0 fully saturated rings. The molecule has 1 heterocycles. The van der Waals surface area contributed by atoms with Crippen molar-refractivity contribution in [3.63, 3.8) is 0 Å². The minimum atomic E-state index is -0.441. The van der Waals surface area contributed by atoms with Crippen LogP contribution in [0.15, 0.2) is 186 Å². The van der Waals surface area contributed by atoms with E-state index in [1.54, 1.807) is 0 Å².